The molecule has 124 valence electrons. The van der Waals surface area contributed by atoms with Gasteiger partial charge in [0.05, 0.1) is 0 Å². The molecule has 1 aromatic carbocycles. The fraction of sp³-hybridized carbons (Fsp3) is 0.556. The number of benzene rings is 1. The summed E-state index contributed by atoms with van der Waals surface area (Å²) in [4.78, 5) is 28.3. The van der Waals surface area contributed by atoms with Gasteiger partial charge in [0.1, 0.15) is 5.78 Å². The predicted octanol–water partition coefficient (Wildman–Crippen LogP) is 3.14. The lowest BCUT2D eigenvalue weighted by atomic mass is 9.81. The summed E-state index contributed by atoms with van der Waals surface area (Å²) in [5.74, 6) is 0.632. The molecule has 0 unspecified atom stereocenters. The van der Waals surface area contributed by atoms with Crippen LogP contribution in [0.2, 0.25) is 5.02 Å². The molecule has 1 saturated carbocycles. The smallest absolute Gasteiger partial charge is 0.223 e. The third-order valence-electron chi connectivity index (χ3n) is 4.95. The molecule has 0 atom stereocenters. The van der Waals surface area contributed by atoms with Crippen molar-refractivity contribution in [3.8, 4) is 0 Å². The highest BCUT2D eigenvalue weighted by atomic mass is 35.5. The van der Waals surface area contributed by atoms with E-state index in [0.29, 0.717) is 25.9 Å². The van der Waals surface area contributed by atoms with Crippen LogP contribution in [0.1, 0.15) is 32.1 Å². The summed E-state index contributed by atoms with van der Waals surface area (Å²) in [6.07, 6.45) is 3.98. The molecule has 2 aliphatic rings. The van der Waals surface area contributed by atoms with Gasteiger partial charge in [-0.1, -0.05) is 24.1 Å². The number of piperazine rings is 1. The molecule has 5 heteroatoms. The standard InChI is InChI=1S/C18H23ClN2O2/c19-15-5-2-6-16(13-15)20-9-11-21(12-10-20)18(23)8-7-17(22)14-3-1-4-14/h2,5-6,13-14H,1,3-4,7-12H2. The van der Waals surface area contributed by atoms with E-state index in [1.165, 1.54) is 0 Å². The maximum Gasteiger partial charge on any atom is 0.223 e. The molecular weight excluding hydrogens is 312 g/mol. The zero-order valence-corrected chi connectivity index (χ0v) is 14.1. The second-order valence-electron chi connectivity index (χ2n) is 6.44. The van der Waals surface area contributed by atoms with Crippen LogP contribution in [0.15, 0.2) is 24.3 Å². The molecule has 1 aliphatic heterocycles. The summed E-state index contributed by atoms with van der Waals surface area (Å²) >= 11 is 6.03. The number of carbonyl (C=O) groups excluding carboxylic acids is 2. The highest BCUT2D eigenvalue weighted by Crippen LogP contribution is 2.28. The highest BCUT2D eigenvalue weighted by molar-refractivity contribution is 6.30. The zero-order chi connectivity index (χ0) is 16.2. The van der Waals surface area contributed by atoms with Crippen LogP contribution >= 0.6 is 11.6 Å². The second kappa shape index (κ2) is 7.35. The molecule has 0 bridgehead atoms. The summed E-state index contributed by atoms with van der Waals surface area (Å²) in [7, 11) is 0. The average molecular weight is 335 g/mol. The molecule has 0 spiro atoms. The average Bonchev–Trinajstić information content (AvgIpc) is 2.51. The minimum atomic E-state index is 0.114. The fourth-order valence-electron chi connectivity index (χ4n) is 3.21. The van der Waals surface area contributed by atoms with Crippen molar-refractivity contribution in [1.29, 1.82) is 0 Å². The number of hydrogen-bond acceptors (Lipinski definition) is 3. The number of rotatable bonds is 5. The Kier molecular flexibility index (Phi) is 5.21. The van der Waals surface area contributed by atoms with E-state index in [1.54, 1.807) is 0 Å². The summed E-state index contributed by atoms with van der Waals surface area (Å²) in [5.41, 5.74) is 1.10. The lowest BCUT2D eigenvalue weighted by Crippen LogP contribution is -2.48. The van der Waals surface area contributed by atoms with Gasteiger partial charge in [-0.05, 0) is 31.0 Å². The normalized spacial score (nSPS) is 18.7. The molecule has 0 radical (unpaired) electrons. The highest BCUT2D eigenvalue weighted by Gasteiger charge is 2.27. The van der Waals surface area contributed by atoms with Gasteiger partial charge in [0.2, 0.25) is 5.91 Å². The summed E-state index contributed by atoms with van der Waals surface area (Å²) in [6, 6.07) is 7.81. The van der Waals surface area contributed by atoms with Crippen LogP contribution < -0.4 is 4.90 Å². The third-order valence-corrected chi connectivity index (χ3v) is 5.19. The van der Waals surface area contributed by atoms with Gasteiger partial charge in [-0.2, -0.15) is 0 Å². The molecule has 4 nitrogen and oxygen atoms in total. The SMILES string of the molecule is O=C(CCC(=O)N1CCN(c2cccc(Cl)c2)CC1)C1CCC1. The van der Waals surface area contributed by atoms with Crippen molar-refractivity contribution >= 4 is 29.0 Å². The number of nitrogens with zero attached hydrogens (tertiary/aromatic N) is 2. The number of halogens is 1. The van der Waals surface area contributed by atoms with E-state index >= 15 is 0 Å². The topological polar surface area (TPSA) is 40.6 Å². The van der Waals surface area contributed by atoms with Crippen molar-refractivity contribution in [2.75, 3.05) is 31.1 Å². The Morgan fingerprint density at radius 2 is 1.83 bits per heavy atom. The Bertz CT molecular complexity index is 578. The van der Waals surface area contributed by atoms with Gasteiger partial charge in [0, 0.05) is 55.6 Å². The first kappa shape index (κ1) is 16.3. The van der Waals surface area contributed by atoms with E-state index in [-0.39, 0.29) is 17.6 Å². The van der Waals surface area contributed by atoms with E-state index in [4.69, 9.17) is 11.6 Å². The van der Waals surface area contributed by atoms with Gasteiger partial charge in [0.25, 0.3) is 0 Å². The molecule has 0 N–H and O–H groups in total. The monoisotopic (exact) mass is 334 g/mol. The first-order valence-electron chi connectivity index (χ1n) is 8.44. The van der Waals surface area contributed by atoms with Crippen molar-refractivity contribution in [2.24, 2.45) is 5.92 Å². The Morgan fingerprint density at radius 1 is 1.09 bits per heavy atom. The fourth-order valence-corrected chi connectivity index (χ4v) is 3.39. The van der Waals surface area contributed by atoms with Crippen LogP contribution in [0.4, 0.5) is 5.69 Å². The molecule has 1 saturated heterocycles. The van der Waals surface area contributed by atoms with Gasteiger partial charge in [0.15, 0.2) is 0 Å². The largest absolute Gasteiger partial charge is 0.368 e. The number of ketones is 1. The number of carbonyl (C=O) groups is 2. The van der Waals surface area contributed by atoms with Gasteiger partial charge in [-0.3, -0.25) is 9.59 Å². The molecule has 2 fully saturated rings. The summed E-state index contributed by atoms with van der Waals surface area (Å²) in [5, 5.41) is 0.732. The Morgan fingerprint density at radius 3 is 2.43 bits per heavy atom. The van der Waals surface area contributed by atoms with Crippen LogP contribution in [0.5, 0.6) is 0 Å². The molecule has 1 aliphatic carbocycles. The molecule has 3 rings (SSSR count). The van der Waals surface area contributed by atoms with Gasteiger partial charge in [-0.25, -0.2) is 0 Å². The van der Waals surface area contributed by atoms with E-state index < -0.39 is 0 Å². The zero-order valence-electron chi connectivity index (χ0n) is 13.3. The van der Waals surface area contributed by atoms with Crippen LogP contribution in [-0.2, 0) is 9.59 Å². The molecule has 1 heterocycles. The lowest BCUT2D eigenvalue weighted by Gasteiger charge is -2.36. The van der Waals surface area contributed by atoms with E-state index in [0.717, 1.165) is 43.1 Å². The molecular formula is C18H23ClN2O2. The first-order valence-corrected chi connectivity index (χ1v) is 8.82. The van der Waals surface area contributed by atoms with Crippen molar-refractivity contribution in [3.05, 3.63) is 29.3 Å². The molecule has 23 heavy (non-hydrogen) atoms. The van der Waals surface area contributed by atoms with Crippen molar-refractivity contribution in [1.82, 2.24) is 4.90 Å². The number of hydrogen-bond donors (Lipinski definition) is 0. The Labute approximate surface area is 142 Å². The van der Waals surface area contributed by atoms with Crippen molar-refractivity contribution < 1.29 is 9.59 Å². The minimum absolute atomic E-state index is 0.114. The maximum absolute atomic E-state index is 12.3. The van der Waals surface area contributed by atoms with Crippen molar-refractivity contribution in [2.45, 2.75) is 32.1 Å². The number of Topliss-reactive ketones (excluding diaryl/α,β-unsaturated/α-hetero) is 1. The first-order chi connectivity index (χ1) is 11.1. The summed E-state index contributed by atoms with van der Waals surface area (Å²) in [6.45, 7) is 3.04. The lowest BCUT2D eigenvalue weighted by molar-refractivity contribution is -0.134. The predicted molar refractivity (Wildman–Crippen MR) is 91.8 cm³/mol. The van der Waals surface area contributed by atoms with Crippen LogP contribution in [0.3, 0.4) is 0 Å². The van der Waals surface area contributed by atoms with E-state index in [1.807, 2.05) is 29.2 Å². The van der Waals surface area contributed by atoms with Crippen LogP contribution in [0, 0.1) is 5.92 Å². The summed E-state index contributed by atoms with van der Waals surface area (Å²) < 4.78 is 0. The Balaban J connectivity index is 1.44. The molecule has 0 aromatic heterocycles. The minimum Gasteiger partial charge on any atom is -0.368 e. The molecule has 1 amide bonds. The second-order valence-corrected chi connectivity index (χ2v) is 6.88. The number of amides is 1. The van der Waals surface area contributed by atoms with E-state index in [9.17, 15) is 9.59 Å². The Hall–Kier alpha value is -1.55. The molecule has 1 aromatic rings. The van der Waals surface area contributed by atoms with Crippen LogP contribution in [-0.4, -0.2) is 42.8 Å². The maximum atomic E-state index is 12.3. The third kappa shape index (κ3) is 4.05. The van der Waals surface area contributed by atoms with E-state index in [2.05, 4.69) is 4.90 Å². The quantitative estimate of drug-likeness (QED) is 0.830. The van der Waals surface area contributed by atoms with Gasteiger partial charge in [-0.15, -0.1) is 0 Å². The van der Waals surface area contributed by atoms with Gasteiger partial charge < -0.3 is 9.80 Å². The van der Waals surface area contributed by atoms with Crippen LogP contribution in [0.25, 0.3) is 0 Å². The van der Waals surface area contributed by atoms with Crippen molar-refractivity contribution in [3.63, 3.8) is 0 Å². The van der Waals surface area contributed by atoms with Gasteiger partial charge >= 0.3 is 0 Å². The number of anilines is 1.